The molecule has 1 fully saturated rings. The van der Waals surface area contributed by atoms with E-state index < -0.39 is 0 Å². The predicted molar refractivity (Wildman–Crippen MR) is 85.0 cm³/mol. The predicted octanol–water partition coefficient (Wildman–Crippen LogP) is 3.47. The molecule has 108 valence electrons. The van der Waals surface area contributed by atoms with Gasteiger partial charge in [-0.2, -0.15) is 0 Å². The quantitative estimate of drug-likeness (QED) is 0.842. The summed E-state index contributed by atoms with van der Waals surface area (Å²) in [6, 6.07) is 8.44. The first-order valence-electron chi connectivity index (χ1n) is 7.71. The molecule has 3 rings (SSSR count). The van der Waals surface area contributed by atoms with Gasteiger partial charge >= 0.3 is 0 Å². The Hall–Kier alpha value is -0.830. The smallest absolute Gasteiger partial charge is 0.223 e. The van der Waals surface area contributed by atoms with Gasteiger partial charge in [0.2, 0.25) is 5.91 Å². The van der Waals surface area contributed by atoms with E-state index in [0.29, 0.717) is 10.7 Å². The van der Waals surface area contributed by atoms with Crippen molar-refractivity contribution in [2.24, 2.45) is 11.8 Å². The van der Waals surface area contributed by atoms with E-state index in [1.54, 1.807) is 0 Å². The van der Waals surface area contributed by atoms with Crippen LogP contribution < -0.4 is 5.32 Å². The summed E-state index contributed by atoms with van der Waals surface area (Å²) >= 11 is 3.71. The van der Waals surface area contributed by atoms with Crippen LogP contribution in [0.2, 0.25) is 0 Å². The van der Waals surface area contributed by atoms with E-state index in [2.05, 4.69) is 45.5 Å². The van der Waals surface area contributed by atoms with Crippen LogP contribution in [0.1, 0.15) is 36.8 Å². The molecule has 2 aliphatic rings. The first kappa shape index (κ1) is 14.1. The number of halogens is 1. The summed E-state index contributed by atoms with van der Waals surface area (Å²) in [5.41, 5.74) is 2.71. The molecule has 1 N–H and O–H groups in total. The monoisotopic (exact) mass is 335 g/mol. The highest BCUT2D eigenvalue weighted by Gasteiger charge is 2.28. The standard InChI is InChI=1S/C17H22BrNO/c18-16-7-3-4-12(8-16)11-19-17(20)15-9-13-5-1-2-6-14(13)10-15/h1-2,5-6,12,15-16H,3-4,7-11H2,(H,19,20). The number of benzene rings is 1. The second kappa shape index (κ2) is 6.30. The third-order valence-electron chi connectivity index (χ3n) is 4.71. The number of carbonyl (C=O) groups excluding carboxylic acids is 1. The summed E-state index contributed by atoms with van der Waals surface area (Å²) in [6.07, 6.45) is 6.84. The Balaban J connectivity index is 1.49. The number of nitrogens with one attached hydrogen (secondary N) is 1. The normalized spacial score (nSPS) is 26.2. The highest BCUT2D eigenvalue weighted by atomic mass is 79.9. The molecular formula is C17H22BrNO. The highest BCUT2D eigenvalue weighted by Crippen LogP contribution is 2.29. The van der Waals surface area contributed by atoms with Crippen LogP contribution >= 0.6 is 15.9 Å². The van der Waals surface area contributed by atoms with Crippen molar-refractivity contribution >= 4 is 21.8 Å². The molecule has 0 aliphatic heterocycles. The van der Waals surface area contributed by atoms with Crippen molar-refractivity contribution in [2.45, 2.75) is 43.4 Å². The number of rotatable bonds is 3. The van der Waals surface area contributed by atoms with Crippen molar-refractivity contribution in [2.75, 3.05) is 6.54 Å². The maximum atomic E-state index is 12.3. The van der Waals surface area contributed by atoms with Crippen molar-refractivity contribution in [1.29, 1.82) is 0 Å². The van der Waals surface area contributed by atoms with E-state index in [4.69, 9.17) is 0 Å². The fourth-order valence-corrected chi connectivity index (χ4v) is 4.40. The van der Waals surface area contributed by atoms with E-state index >= 15 is 0 Å². The SMILES string of the molecule is O=C(NCC1CCCC(Br)C1)C1Cc2ccccc2C1. The fourth-order valence-electron chi connectivity index (χ4n) is 3.54. The molecule has 2 unspecified atom stereocenters. The second-order valence-corrected chi connectivity index (χ2v) is 7.54. The van der Waals surface area contributed by atoms with E-state index in [1.807, 2.05) is 0 Å². The van der Waals surface area contributed by atoms with Gasteiger partial charge in [-0.3, -0.25) is 4.79 Å². The van der Waals surface area contributed by atoms with Crippen LogP contribution in [0.15, 0.2) is 24.3 Å². The number of hydrogen-bond donors (Lipinski definition) is 1. The van der Waals surface area contributed by atoms with Crippen LogP contribution in [0.3, 0.4) is 0 Å². The van der Waals surface area contributed by atoms with Gasteiger partial charge in [0.05, 0.1) is 0 Å². The van der Waals surface area contributed by atoms with Gasteiger partial charge in [0.25, 0.3) is 0 Å². The Morgan fingerprint density at radius 1 is 1.20 bits per heavy atom. The molecule has 0 spiro atoms. The zero-order chi connectivity index (χ0) is 13.9. The lowest BCUT2D eigenvalue weighted by atomic mass is 9.89. The first-order chi connectivity index (χ1) is 9.72. The maximum Gasteiger partial charge on any atom is 0.223 e. The highest BCUT2D eigenvalue weighted by molar-refractivity contribution is 9.09. The van der Waals surface area contributed by atoms with Crippen molar-refractivity contribution in [1.82, 2.24) is 5.32 Å². The van der Waals surface area contributed by atoms with Crippen LogP contribution in [-0.4, -0.2) is 17.3 Å². The number of amides is 1. The largest absolute Gasteiger partial charge is 0.356 e. The Kier molecular flexibility index (Phi) is 4.45. The topological polar surface area (TPSA) is 29.1 Å². The third-order valence-corrected chi connectivity index (χ3v) is 5.54. The minimum Gasteiger partial charge on any atom is -0.356 e. The zero-order valence-corrected chi connectivity index (χ0v) is 13.4. The molecule has 2 atom stereocenters. The summed E-state index contributed by atoms with van der Waals surface area (Å²) in [5, 5.41) is 3.19. The molecule has 3 heteroatoms. The molecule has 1 amide bonds. The lowest BCUT2D eigenvalue weighted by Gasteiger charge is -2.26. The van der Waals surface area contributed by atoms with Gasteiger partial charge in [-0.25, -0.2) is 0 Å². The number of hydrogen-bond acceptors (Lipinski definition) is 1. The Morgan fingerprint density at radius 3 is 2.55 bits per heavy atom. The average molecular weight is 336 g/mol. The van der Waals surface area contributed by atoms with E-state index in [0.717, 1.165) is 19.4 Å². The Labute approximate surface area is 129 Å². The van der Waals surface area contributed by atoms with Crippen LogP contribution in [0.5, 0.6) is 0 Å². The second-order valence-electron chi connectivity index (χ2n) is 6.25. The number of alkyl halides is 1. The maximum absolute atomic E-state index is 12.3. The first-order valence-corrected chi connectivity index (χ1v) is 8.62. The van der Waals surface area contributed by atoms with Gasteiger partial charge in [0.15, 0.2) is 0 Å². The zero-order valence-electron chi connectivity index (χ0n) is 11.8. The van der Waals surface area contributed by atoms with Crippen LogP contribution in [0.4, 0.5) is 0 Å². The number of fused-ring (bicyclic) bond motifs is 1. The fraction of sp³-hybridized carbons (Fsp3) is 0.588. The average Bonchev–Trinajstić information content (AvgIpc) is 2.89. The van der Waals surface area contributed by atoms with Gasteiger partial charge < -0.3 is 5.32 Å². The van der Waals surface area contributed by atoms with E-state index in [-0.39, 0.29) is 11.8 Å². The molecule has 0 heterocycles. The third kappa shape index (κ3) is 3.25. The Bertz CT molecular complexity index is 463. The molecule has 20 heavy (non-hydrogen) atoms. The summed E-state index contributed by atoms with van der Waals surface area (Å²) in [7, 11) is 0. The van der Waals surface area contributed by atoms with E-state index in [1.165, 1.54) is 36.8 Å². The molecule has 0 saturated heterocycles. The lowest BCUT2D eigenvalue weighted by Crippen LogP contribution is -2.36. The summed E-state index contributed by atoms with van der Waals surface area (Å²) in [5.74, 6) is 1.05. The van der Waals surface area contributed by atoms with Crippen molar-refractivity contribution in [3.05, 3.63) is 35.4 Å². The molecule has 0 radical (unpaired) electrons. The molecule has 0 bridgehead atoms. The number of carbonyl (C=O) groups is 1. The summed E-state index contributed by atoms with van der Waals surface area (Å²) < 4.78 is 0. The van der Waals surface area contributed by atoms with Gasteiger partial charge in [-0.1, -0.05) is 46.6 Å². The minimum absolute atomic E-state index is 0.149. The van der Waals surface area contributed by atoms with E-state index in [9.17, 15) is 4.79 Å². The molecule has 2 aliphatic carbocycles. The minimum atomic E-state index is 0.149. The van der Waals surface area contributed by atoms with Crippen molar-refractivity contribution in [3.8, 4) is 0 Å². The van der Waals surface area contributed by atoms with Crippen molar-refractivity contribution in [3.63, 3.8) is 0 Å². The molecule has 1 aromatic carbocycles. The van der Waals surface area contributed by atoms with Gasteiger partial charge in [-0.05, 0) is 49.1 Å². The van der Waals surface area contributed by atoms with Gasteiger partial charge in [0, 0.05) is 17.3 Å². The molecule has 1 saturated carbocycles. The summed E-state index contributed by atoms with van der Waals surface area (Å²) in [4.78, 5) is 13.0. The molecular weight excluding hydrogens is 314 g/mol. The van der Waals surface area contributed by atoms with Gasteiger partial charge in [-0.15, -0.1) is 0 Å². The van der Waals surface area contributed by atoms with Crippen LogP contribution in [-0.2, 0) is 17.6 Å². The van der Waals surface area contributed by atoms with Crippen LogP contribution in [0, 0.1) is 11.8 Å². The Morgan fingerprint density at radius 2 is 1.90 bits per heavy atom. The lowest BCUT2D eigenvalue weighted by molar-refractivity contribution is -0.124. The molecule has 2 nitrogen and oxygen atoms in total. The molecule has 1 aromatic rings. The van der Waals surface area contributed by atoms with Crippen molar-refractivity contribution < 1.29 is 4.79 Å². The summed E-state index contributed by atoms with van der Waals surface area (Å²) in [6.45, 7) is 0.855. The van der Waals surface area contributed by atoms with Crippen LogP contribution in [0.25, 0.3) is 0 Å². The van der Waals surface area contributed by atoms with Gasteiger partial charge in [0.1, 0.15) is 0 Å². The molecule has 0 aromatic heterocycles.